The zero-order valence-corrected chi connectivity index (χ0v) is 16.9. The highest BCUT2D eigenvalue weighted by molar-refractivity contribution is 7.16. The number of hydrogen-bond acceptors (Lipinski definition) is 6. The van der Waals surface area contributed by atoms with Crippen molar-refractivity contribution in [2.45, 2.75) is 6.42 Å². The summed E-state index contributed by atoms with van der Waals surface area (Å²) in [4.78, 5) is 11.1. The summed E-state index contributed by atoms with van der Waals surface area (Å²) >= 11 is 1.36. The van der Waals surface area contributed by atoms with Crippen LogP contribution in [-0.2, 0) is 6.42 Å². The largest absolute Gasteiger partial charge is 0.493 e. The minimum atomic E-state index is 0.0624. The van der Waals surface area contributed by atoms with Crippen LogP contribution in [0.2, 0.25) is 0 Å². The summed E-state index contributed by atoms with van der Waals surface area (Å²) in [5.41, 5.74) is 3.23. The summed E-state index contributed by atoms with van der Waals surface area (Å²) in [5, 5.41) is 22.5. The Labute approximate surface area is 180 Å². The predicted molar refractivity (Wildman–Crippen MR) is 119 cm³/mol. The van der Waals surface area contributed by atoms with E-state index in [9.17, 15) is 10.4 Å². The van der Waals surface area contributed by atoms with Gasteiger partial charge in [-0.15, -0.1) is 11.3 Å². The average Bonchev–Trinajstić information content (AvgIpc) is 3.55. The van der Waals surface area contributed by atoms with Crippen molar-refractivity contribution in [3.63, 3.8) is 0 Å². The zero-order valence-electron chi connectivity index (χ0n) is 16.1. The first-order valence-corrected chi connectivity index (χ1v) is 10.5. The molecular weight excluding hydrogens is 408 g/mol. The monoisotopic (exact) mass is 422 g/mol. The third-order valence-electron chi connectivity index (χ3n) is 5.35. The van der Waals surface area contributed by atoms with Gasteiger partial charge in [0.25, 0.3) is 0 Å². The van der Waals surface area contributed by atoms with Crippen molar-refractivity contribution in [3.8, 4) is 22.5 Å². The number of aromatic hydroxyl groups is 1. The van der Waals surface area contributed by atoms with Crippen LogP contribution in [0.3, 0.4) is 0 Å². The first-order chi connectivity index (χ1) is 15.2. The molecule has 31 heavy (non-hydrogen) atoms. The van der Waals surface area contributed by atoms with Crippen molar-refractivity contribution in [2.24, 2.45) is 0 Å². The number of rotatable bonds is 3. The van der Waals surface area contributed by atoms with Crippen LogP contribution in [0.4, 0.5) is 0 Å². The number of nitriles is 1. The van der Waals surface area contributed by atoms with E-state index in [0.29, 0.717) is 34.1 Å². The van der Waals surface area contributed by atoms with Crippen molar-refractivity contribution in [2.75, 3.05) is 0 Å². The summed E-state index contributed by atoms with van der Waals surface area (Å²) < 4.78 is 7.20. The SMILES string of the molecule is N#Cc1ccc(-c2nc3c4ccccc4ccc3n3c(O)c(Cc4ccco4)nc23)s1. The molecule has 6 aromatic rings. The number of imidazole rings is 1. The normalized spacial score (nSPS) is 11.5. The maximum absolute atomic E-state index is 11.2. The second kappa shape index (κ2) is 6.69. The fourth-order valence-corrected chi connectivity index (χ4v) is 4.72. The minimum absolute atomic E-state index is 0.0624. The second-order valence-corrected chi connectivity index (χ2v) is 8.27. The van der Waals surface area contributed by atoms with E-state index in [1.807, 2.05) is 54.6 Å². The van der Waals surface area contributed by atoms with E-state index in [0.717, 1.165) is 26.7 Å². The molecule has 7 heteroatoms. The Kier molecular flexibility index (Phi) is 3.82. The highest BCUT2D eigenvalue weighted by atomic mass is 32.1. The lowest BCUT2D eigenvalue weighted by Gasteiger charge is -2.09. The summed E-state index contributed by atoms with van der Waals surface area (Å²) in [7, 11) is 0. The van der Waals surface area contributed by atoms with Crippen LogP contribution in [0, 0.1) is 11.3 Å². The van der Waals surface area contributed by atoms with Crippen LogP contribution >= 0.6 is 11.3 Å². The van der Waals surface area contributed by atoms with Gasteiger partial charge in [-0.1, -0.05) is 30.3 Å². The van der Waals surface area contributed by atoms with Gasteiger partial charge in [0.2, 0.25) is 5.88 Å². The van der Waals surface area contributed by atoms with E-state index in [1.165, 1.54) is 11.3 Å². The van der Waals surface area contributed by atoms with Crippen LogP contribution < -0.4 is 0 Å². The Morgan fingerprint density at radius 3 is 2.74 bits per heavy atom. The van der Waals surface area contributed by atoms with E-state index >= 15 is 0 Å². The molecule has 0 aliphatic rings. The molecule has 0 spiro atoms. The van der Waals surface area contributed by atoms with Gasteiger partial charge in [0.15, 0.2) is 5.65 Å². The number of thiophene rings is 1. The maximum Gasteiger partial charge on any atom is 0.220 e. The quantitative estimate of drug-likeness (QED) is 0.379. The van der Waals surface area contributed by atoms with Gasteiger partial charge in [-0.05, 0) is 35.7 Å². The Bertz CT molecular complexity index is 1640. The lowest BCUT2D eigenvalue weighted by atomic mass is 10.1. The Morgan fingerprint density at radius 2 is 1.94 bits per heavy atom. The van der Waals surface area contributed by atoms with Crippen molar-refractivity contribution < 1.29 is 9.52 Å². The number of nitrogens with zero attached hydrogens (tertiary/aromatic N) is 4. The molecular formula is C24H14N4O2S. The van der Waals surface area contributed by atoms with Crippen LogP contribution in [0.1, 0.15) is 16.3 Å². The van der Waals surface area contributed by atoms with Crippen molar-refractivity contribution in [1.82, 2.24) is 14.4 Å². The molecule has 0 unspecified atom stereocenters. The molecule has 6 rings (SSSR count). The Balaban J connectivity index is 1.73. The highest BCUT2D eigenvalue weighted by Crippen LogP contribution is 2.37. The molecule has 0 amide bonds. The summed E-state index contributed by atoms with van der Waals surface area (Å²) in [6.45, 7) is 0. The molecule has 0 saturated carbocycles. The predicted octanol–water partition coefficient (Wildman–Crippen LogP) is 5.53. The average molecular weight is 422 g/mol. The third-order valence-corrected chi connectivity index (χ3v) is 6.35. The Morgan fingerprint density at radius 1 is 1.03 bits per heavy atom. The number of furan rings is 1. The number of benzene rings is 2. The fourth-order valence-electron chi connectivity index (χ4n) is 3.93. The van der Waals surface area contributed by atoms with Gasteiger partial charge in [0, 0.05) is 5.39 Å². The van der Waals surface area contributed by atoms with Gasteiger partial charge in [-0.2, -0.15) is 5.26 Å². The summed E-state index contributed by atoms with van der Waals surface area (Å²) in [6, 6.07) is 21.5. The lowest BCUT2D eigenvalue weighted by Crippen LogP contribution is -1.96. The van der Waals surface area contributed by atoms with Crippen LogP contribution in [0.15, 0.2) is 71.3 Å². The molecule has 0 atom stereocenters. The van der Waals surface area contributed by atoms with Crippen molar-refractivity contribution in [1.29, 1.82) is 5.26 Å². The van der Waals surface area contributed by atoms with Crippen molar-refractivity contribution in [3.05, 3.63) is 83.3 Å². The number of fused-ring (bicyclic) bond motifs is 5. The fraction of sp³-hybridized carbons (Fsp3) is 0.0417. The topological polar surface area (TPSA) is 87.4 Å². The smallest absolute Gasteiger partial charge is 0.220 e. The van der Waals surface area contributed by atoms with Crippen LogP contribution in [0.5, 0.6) is 5.88 Å². The molecule has 2 aromatic carbocycles. The van der Waals surface area contributed by atoms with Gasteiger partial charge >= 0.3 is 0 Å². The summed E-state index contributed by atoms with van der Waals surface area (Å²) in [5.74, 6) is 0.776. The first kappa shape index (κ1) is 17.7. The lowest BCUT2D eigenvalue weighted by molar-refractivity contribution is 0.440. The number of hydrogen-bond donors (Lipinski definition) is 1. The van der Waals surface area contributed by atoms with Gasteiger partial charge in [0.05, 0.1) is 28.6 Å². The molecule has 148 valence electrons. The standard InChI is InChI=1S/C24H14N4O2S/c25-13-16-8-10-20(31-16)22-23-26-18(12-15-5-3-11-30-15)24(29)28(23)19-9-7-14-4-1-2-6-17(14)21(19)27-22/h1-11,29H,12H2. The minimum Gasteiger partial charge on any atom is -0.493 e. The Hall–Kier alpha value is -4.15. The zero-order chi connectivity index (χ0) is 20.9. The molecule has 0 aliphatic carbocycles. The molecule has 4 aromatic heterocycles. The van der Waals surface area contributed by atoms with Crippen LogP contribution in [-0.4, -0.2) is 19.5 Å². The second-order valence-electron chi connectivity index (χ2n) is 7.19. The third kappa shape index (κ3) is 2.70. The van der Waals surface area contributed by atoms with Gasteiger partial charge < -0.3 is 9.52 Å². The van der Waals surface area contributed by atoms with Crippen molar-refractivity contribution >= 4 is 38.8 Å². The molecule has 0 radical (unpaired) electrons. The molecule has 1 N–H and O–H groups in total. The van der Waals surface area contributed by atoms with E-state index in [4.69, 9.17) is 14.4 Å². The molecule has 0 bridgehead atoms. The van der Waals surface area contributed by atoms with Gasteiger partial charge in [0.1, 0.15) is 28.1 Å². The first-order valence-electron chi connectivity index (χ1n) is 9.67. The highest BCUT2D eigenvalue weighted by Gasteiger charge is 2.21. The number of aromatic nitrogens is 3. The summed E-state index contributed by atoms with van der Waals surface area (Å²) in [6.07, 6.45) is 1.97. The van der Waals surface area contributed by atoms with Crippen LogP contribution in [0.25, 0.3) is 38.0 Å². The molecule has 0 aliphatic heterocycles. The van der Waals surface area contributed by atoms with Gasteiger partial charge in [-0.25, -0.2) is 9.97 Å². The molecule has 4 heterocycles. The molecule has 6 nitrogen and oxygen atoms in total. The van der Waals surface area contributed by atoms with E-state index in [-0.39, 0.29) is 5.88 Å². The molecule has 0 saturated heterocycles. The molecule has 0 fully saturated rings. The maximum atomic E-state index is 11.2. The van der Waals surface area contributed by atoms with E-state index in [2.05, 4.69) is 6.07 Å². The van der Waals surface area contributed by atoms with E-state index in [1.54, 1.807) is 16.7 Å². The van der Waals surface area contributed by atoms with Gasteiger partial charge in [-0.3, -0.25) is 4.40 Å². The van der Waals surface area contributed by atoms with E-state index < -0.39 is 0 Å².